The van der Waals surface area contributed by atoms with Crippen LogP contribution >= 0.6 is 0 Å². The third-order valence-corrected chi connectivity index (χ3v) is 6.81. The molecule has 0 bridgehead atoms. The molecular weight excluding hydrogens is 352 g/mol. The molecule has 0 aromatic rings. The molecule has 0 saturated carbocycles. The standard InChI is InChI=1S/C23H44N2O3/c1-19-11-9-12-20(2)24(19)15-5-7-17-27-23(26)28-18-8-6-16-25-21(3)13-10-14-22(25)4/h19-22H,5-18H2,1-4H3. The van der Waals surface area contributed by atoms with Gasteiger partial charge in [0.25, 0.3) is 0 Å². The summed E-state index contributed by atoms with van der Waals surface area (Å²) in [6.45, 7) is 12.5. The Morgan fingerprint density at radius 2 is 1.04 bits per heavy atom. The molecule has 28 heavy (non-hydrogen) atoms. The molecule has 0 amide bonds. The van der Waals surface area contributed by atoms with Gasteiger partial charge in [0.2, 0.25) is 0 Å². The first-order valence-corrected chi connectivity index (χ1v) is 11.8. The summed E-state index contributed by atoms with van der Waals surface area (Å²) in [5, 5.41) is 0. The van der Waals surface area contributed by atoms with E-state index in [2.05, 4.69) is 37.5 Å². The summed E-state index contributed by atoms with van der Waals surface area (Å²) >= 11 is 0. The van der Waals surface area contributed by atoms with Crippen LogP contribution in [0.4, 0.5) is 4.79 Å². The third kappa shape index (κ3) is 7.90. The van der Waals surface area contributed by atoms with Crippen LogP contribution in [0.25, 0.3) is 0 Å². The minimum Gasteiger partial charge on any atom is -0.434 e. The van der Waals surface area contributed by atoms with Crippen LogP contribution in [0, 0.1) is 0 Å². The van der Waals surface area contributed by atoms with Crippen molar-refractivity contribution in [2.24, 2.45) is 0 Å². The summed E-state index contributed by atoms with van der Waals surface area (Å²) in [5.41, 5.74) is 0. The van der Waals surface area contributed by atoms with Gasteiger partial charge in [-0.15, -0.1) is 0 Å². The summed E-state index contributed by atoms with van der Waals surface area (Å²) in [7, 11) is 0. The monoisotopic (exact) mass is 396 g/mol. The van der Waals surface area contributed by atoms with Gasteiger partial charge in [0.15, 0.2) is 0 Å². The van der Waals surface area contributed by atoms with Gasteiger partial charge < -0.3 is 9.47 Å². The lowest BCUT2D eigenvalue weighted by molar-refractivity contribution is 0.0480. The fourth-order valence-electron chi connectivity index (χ4n) is 4.98. The van der Waals surface area contributed by atoms with E-state index < -0.39 is 6.16 Å². The van der Waals surface area contributed by atoms with Crippen molar-refractivity contribution in [2.45, 2.75) is 116 Å². The van der Waals surface area contributed by atoms with Crippen LogP contribution in [-0.2, 0) is 9.47 Å². The molecule has 2 aliphatic heterocycles. The van der Waals surface area contributed by atoms with Crippen molar-refractivity contribution < 1.29 is 14.3 Å². The molecule has 2 saturated heterocycles. The third-order valence-electron chi connectivity index (χ3n) is 6.81. The Morgan fingerprint density at radius 3 is 1.39 bits per heavy atom. The van der Waals surface area contributed by atoms with Crippen LogP contribution in [0.3, 0.4) is 0 Å². The van der Waals surface area contributed by atoms with E-state index in [9.17, 15) is 4.79 Å². The van der Waals surface area contributed by atoms with E-state index in [0.29, 0.717) is 37.4 Å². The van der Waals surface area contributed by atoms with E-state index in [0.717, 1.165) is 38.8 Å². The second-order valence-corrected chi connectivity index (χ2v) is 9.09. The van der Waals surface area contributed by atoms with E-state index in [-0.39, 0.29) is 0 Å². The van der Waals surface area contributed by atoms with E-state index >= 15 is 0 Å². The van der Waals surface area contributed by atoms with Crippen LogP contribution in [0.15, 0.2) is 0 Å². The van der Waals surface area contributed by atoms with Crippen LogP contribution < -0.4 is 0 Å². The second kappa shape index (κ2) is 12.7. The fourth-order valence-corrected chi connectivity index (χ4v) is 4.98. The highest BCUT2D eigenvalue weighted by molar-refractivity contribution is 5.59. The lowest BCUT2D eigenvalue weighted by atomic mass is 9.97. The molecule has 0 aromatic heterocycles. The highest BCUT2D eigenvalue weighted by Gasteiger charge is 2.24. The van der Waals surface area contributed by atoms with Gasteiger partial charge in [-0.1, -0.05) is 12.8 Å². The molecule has 164 valence electrons. The molecule has 5 nitrogen and oxygen atoms in total. The van der Waals surface area contributed by atoms with Gasteiger partial charge in [0, 0.05) is 24.2 Å². The molecule has 4 unspecified atom stereocenters. The Hall–Kier alpha value is -0.810. The van der Waals surface area contributed by atoms with Gasteiger partial charge in [-0.25, -0.2) is 4.79 Å². The number of piperidine rings is 2. The summed E-state index contributed by atoms with van der Waals surface area (Å²) in [4.78, 5) is 16.9. The fraction of sp³-hybridized carbons (Fsp3) is 0.957. The molecule has 2 fully saturated rings. The zero-order valence-electron chi connectivity index (χ0n) is 18.8. The number of ether oxygens (including phenoxy) is 2. The van der Waals surface area contributed by atoms with Crippen molar-refractivity contribution >= 4 is 6.16 Å². The van der Waals surface area contributed by atoms with Crippen LogP contribution in [0.1, 0.15) is 91.9 Å². The van der Waals surface area contributed by atoms with Gasteiger partial charge in [0.1, 0.15) is 0 Å². The molecule has 4 atom stereocenters. The molecule has 0 N–H and O–H groups in total. The van der Waals surface area contributed by atoms with Crippen molar-refractivity contribution in [3.8, 4) is 0 Å². The second-order valence-electron chi connectivity index (χ2n) is 9.09. The van der Waals surface area contributed by atoms with Crippen molar-refractivity contribution in [1.82, 2.24) is 9.80 Å². The zero-order chi connectivity index (χ0) is 20.4. The Labute approximate surface area is 173 Å². The Balaban J connectivity index is 1.44. The van der Waals surface area contributed by atoms with Gasteiger partial charge in [-0.3, -0.25) is 9.80 Å². The minimum atomic E-state index is -0.501. The van der Waals surface area contributed by atoms with Crippen LogP contribution in [-0.4, -0.2) is 66.4 Å². The molecule has 2 rings (SSSR count). The van der Waals surface area contributed by atoms with Crippen molar-refractivity contribution in [3.05, 3.63) is 0 Å². The van der Waals surface area contributed by atoms with Crippen molar-refractivity contribution in [1.29, 1.82) is 0 Å². The topological polar surface area (TPSA) is 42.0 Å². The number of likely N-dealkylation sites (tertiary alicyclic amines) is 2. The number of carbonyl (C=O) groups is 1. The van der Waals surface area contributed by atoms with Crippen molar-refractivity contribution in [2.75, 3.05) is 26.3 Å². The molecule has 0 radical (unpaired) electrons. The van der Waals surface area contributed by atoms with E-state index in [1.807, 2.05) is 0 Å². The average Bonchev–Trinajstić information content (AvgIpc) is 2.65. The minimum absolute atomic E-state index is 0.470. The number of rotatable bonds is 10. The molecule has 2 heterocycles. The lowest BCUT2D eigenvalue weighted by Crippen LogP contribution is -2.44. The Bertz CT molecular complexity index is 388. The number of hydrogen-bond acceptors (Lipinski definition) is 5. The van der Waals surface area contributed by atoms with Crippen LogP contribution in [0.2, 0.25) is 0 Å². The molecule has 0 aliphatic carbocycles. The number of nitrogens with zero attached hydrogens (tertiary/aromatic N) is 2. The first kappa shape index (κ1) is 23.5. The van der Waals surface area contributed by atoms with E-state index in [1.54, 1.807) is 0 Å². The zero-order valence-corrected chi connectivity index (χ0v) is 18.8. The average molecular weight is 397 g/mol. The lowest BCUT2D eigenvalue weighted by Gasteiger charge is -2.39. The normalized spacial score (nSPS) is 29.6. The number of carbonyl (C=O) groups excluding carboxylic acids is 1. The van der Waals surface area contributed by atoms with Gasteiger partial charge in [-0.2, -0.15) is 0 Å². The molecule has 0 aromatic carbocycles. The highest BCUT2D eigenvalue weighted by atomic mass is 16.7. The maximum Gasteiger partial charge on any atom is 0.508 e. The van der Waals surface area contributed by atoms with Crippen LogP contribution in [0.5, 0.6) is 0 Å². The summed E-state index contributed by atoms with van der Waals surface area (Å²) in [6.07, 6.45) is 11.4. The summed E-state index contributed by atoms with van der Waals surface area (Å²) in [5.74, 6) is 0. The van der Waals surface area contributed by atoms with E-state index in [4.69, 9.17) is 9.47 Å². The van der Waals surface area contributed by atoms with Crippen molar-refractivity contribution in [3.63, 3.8) is 0 Å². The summed E-state index contributed by atoms with van der Waals surface area (Å²) in [6, 6.07) is 2.74. The molecule has 0 spiro atoms. The Kier molecular flexibility index (Phi) is 10.6. The van der Waals surface area contributed by atoms with Gasteiger partial charge >= 0.3 is 6.16 Å². The van der Waals surface area contributed by atoms with Gasteiger partial charge in [-0.05, 0) is 92.2 Å². The highest BCUT2D eigenvalue weighted by Crippen LogP contribution is 2.23. The summed E-state index contributed by atoms with van der Waals surface area (Å²) < 4.78 is 10.5. The first-order valence-electron chi connectivity index (χ1n) is 11.8. The first-order chi connectivity index (χ1) is 13.5. The predicted molar refractivity (Wildman–Crippen MR) is 115 cm³/mol. The quantitative estimate of drug-likeness (QED) is 0.374. The maximum absolute atomic E-state index is 11.7. The molecule has 2 aliphatic rings. The molecule has 5 heteroatoms. The number of unbranched alkanes of at least 4 members (excludes halogenated alkanes) is 2. The molecular formula is C23H44N2O3. The number of hydrogen-bond donors (Lipinski definition) is 0. The Morgan fingerprint density at radius 1 is 0.679 bits per heavy atom. The maximum atomic E-state index is 11.7. The predicted octanol–water partition coefficient (Wildman–Crippen LogP) is 5.23. The van der Waals surface area contributed by atoms with E-state index in [1.165, 1.54) is 38.5 Å². The van der Waals surface area contributed by atoms with Gasteiger partial charge in [0.05, 0.1) is 13.2 Å². The smallest absolute Gasteiger partial charge is 0.434 e. The SMILES string of the molecule is CC1CCCC(C)N1CCCCOC(=O)OCCCCN1C(C)CCCC1C. The largest absolute Gasteiger partial charge is 0.508 e.